The van der Waals surface area contributed by atoms with Crippen LogP contribution in [0.15, 0.2) is 24.3 Å². The number of carboxylic acid groups (broad SMARTS) is 1. The molecule has 9 heteroatoms. The van der Waals surface area contributed by atoms with E-state index in [0.29, 0.717) is 0 Å². The van der Waals surface area contributed by atoms with E-state index in [4.69, 9.17) is 5.11 Å². The molecule has 0 aromatic heterocycles. The number of amides is 1. The van der Waals surface area contributed by atoms with Crippen LogP contribution in [0.5, 0.6) is 0 Å². The Labute approximate surface area is 115 Å². The van der Waals surface area contributed by atoms with Crippen molar-refractivity contribution in [1.29, 1.82) is 0 Å². The average Bonchev–Trinajstić information content (AvgIpc) is 2.36. The summed E-state index contributed by atoms with van der Waals surface area (Å²) >= 11 is 0. The first kappa shape index (κ1) is 16.6. The van der Waals surface area contributed by atoms with Gasteiger partial charge in [-0.2, -0.15) is 13.2 Å². The molecule has 1 aromatic rings. The van der Waals surface area contributed by atoms with Crippen LogP contribution in [0.3, 0.4) is 0 Å². The third-order valence-corrected chi connectivity index (χ3v) is 2.40. The average molecular weight is 307 g/mol. The van der Waals surface area contributed by atoms with Crippen molar-refractivity contribution in [3.8, 4) is 0 Å². The Balaban J connectivity index is 2.82. The predicted octanol–water partition coefficient (Wildman–Crippen LogP) is 1.53. The Hall–Kier alpha value is -2.45. The van der Waals surface area contributed by atoms with Crippen LogP contribution >= 0.6 is 0 Å². The van der Waals surface area contributed by atoms with Crippen molar-refractivity contribution in [2.24, 2.45) is 0 Å². The van der Waals surface area contributed by atoms with Gasteiger partial charge in [-0.1, -0.05) is 12.1 Å². The predicted molar refractivity (Wildman–Crippen MR) is 61.0 cm³/mol. The summed E-state index contributed by atoms with van der Waals surface area (Å²) in [5.74, 6) is -5.95. The van der Waals surface area contributed by atoms with Gasteiger partial charge in [0.25, 0.3) is 0 Å². The van der Waals surface area contributed by atoms with Crippen molar-refractivity contribution in [3.63, 3.8) is 0 Å². The zero-order valence-electron chi connectivity index (χ0n) is 10.3. The standard InChI is InChI=1S/C12H9F4NO4/c13-7-3-1-2-6(4-7)9(18)5-8(10(19)20)17-11(21)12(14,15)16/h1-4,8H,5H2,(H,17,21)(H,19,20). The number of alkyl halides is 3. The summed E-state index contributed by atoms with van der Waals surface area (Å²) in [5.41, 5.74) is -0.206. The number of carbonyl (C=O) groups excluding carboxylic acids is 2. The Bertz CT molecular complexity index is 571. The number of carbonyl (C=O) groups is 3. The molecule has 0 saturated heterocycles. The minimum atomic E-state index is -5.27. The van der Waals surface area contributed by atoms with E-state index in [1.807, 2.05) is 0 Å². The number of rotatable bonds is 5. The zero-order valence-corrected chi connectivity index (χ0v) is 10.3. The Morgan fingerprint density at radius 3 is 2.33 bits per heavy atom. The number of benzene rings is 1. The van der Waals surface area contributed by atoms with Crippen LogP contribution in [-0.4, -0.2) is 35.0 Å². The minimum Gasteiger partial charge on any atom is -0.480 e. The molecule has 1 unspecified atom stereocenters. The van der Waals surface area contributed by atoms with Crippen molar-refractivity contribution in [2.45, 2.75) is 18.6 Å². The van der Waals surface area contributed by atoms with Crippen LogP contribution in [0.25, 0.3) is 0 Å². The van der Waals surface area contributed by atoms with Crippen LogP contribution in [0.1, 0.15) is 16.8 Å². The molecule has 2 N–H and O–H groups in total. The van der Waals surface area contributed by atoms with Crippen molar-refractivity contribution < 1.29 is 37.1 Å². The monoisotopic (exact) mass is 307 g/mol. The Morgan fingerprint density at radius 1 is 1.24 bits per heavy atom. The molecule has 0 aliphatic rings. The van der Waals surface area contributed by atoms with E-state index < -0.39 is 42.1 Å². The minimum absolute atomic E-state index is 0.206. The van der Waals surface area contributed by atoms with E-state index >= 15 is 0 Å². The van der Waals surface area contributed by atoms with E-state index in [0.717, 1.165) is 12.1 Å². The number of ketones is 1. The highest BCUT2D eigenvalue weighted by Gasteiger charge is 2.41. The third kappa shape index (κ3) is 4.86. The number of halogens is 4. The maximum absolute atomic E-state index is 12.9. The smallest absolute Gasteiger partial charge is 0.471 e. The number of hydrogen-bond acceptors (Lipinski definition) is 3. The summed E-state index contributed by atoms with van der Waals surface area (Å²) in [6, 6.07) is 2.15. The summed E-state index contributed by atoms with van der Waals surface area (Å²) in [6.07, 6.45) is -6.20. The molecule has 0 fully saturated rings. The van der Waals surface area contributed by atoms with Crippen LogP contribution < -0.4 is 5.32 Å². The Kier molecular flexibility index (Phi) is 5.01. The molecule has 5 nitrogen and oxygen atoms in total. The maximum Gasteiger partial charge on any atom is 0.471 e. The summed E-state index contributed by atoms with van der Waals surface area (Å²) in [6.45, 7) is 0. The fourth-order valence-electron chi connectivity index (χ4n) is 1.41. The topological polar surface area (TPSA) is 83.5 Å². The van der Waals surface area contributed by atoms with Gasteiger partial charge in [-0.05, 0) is 12.1 Å². The van der Waals surface area contributed by atoms with E-state index in [2.05, 4.69) is 0 Å². The molecular formula is C12H9F4NO4. The molecule has 0 spiro atoms. The molecule has 1 aromatic carbocycles. The first-order valence-corrected chi connectivity index (χ1v) is 5.50. The summed E-state index contributed by atoms with van der Waals surface area (Å²) in [7, 11) is 0. The highest BCUT2D eigenvalue weighted by molar-refractivity contribution is 5.99. The molecule has 0 bridgehead atoms. The fraction of sp³-hybridized carbons (Fsp3) is 0.250. The molecule has 0 aliphatic carbocycles. The van der Waals surface area contributed by atoms with Crippen molar-refractivity contribution >= 4 is 17.7 Å². The third-order valence-electron chi connectivity index (χ3n) is 2.40. The van der Waals surface area contributed by atoms with Gasteiger partial charge in [0.15, 0.2) is 5.78 Å². The quantitative estimate of drug-likeness (QED) is 0.638. The lowest BCUT2D eigenvalue weighted by molar-refractivity contribution is -0.175. The van der Waals surface area contributed by atoms with Gasteiger partial charge in [-0.15, -0.1) is 0 Å². The molecule has 0 heterocycles. The highest BCUT2D eigenvalue weighted by Crippen LogP contribution is 2.15. The summed E-state index contributed by atoms with van der Waals surface area (Å²) < 4.78 is 49.0. The number of hydrogen-bond donors (Lipinski definition) is 2. The molecule has 1 atom stereocenters. The highest BCUT2D eigenvalue weighted by atomic mass is 19.4. The molecule has 0 radical (unpaired) electrons. The zero-order chi connectivity index (χ0) is 16.2. The van der Waals surface area contributed by atoms with Gasteiger partial charge < -0.3 is 10.4 Å². The van der Waals surface area contributed by atoms with E-state index in [1.54, 1.807) is 0 Å². The summed E-state index contributed by atoms with van der Waals surface area (Å²) in [4.78, 5) is 33.1. The molecule has 114 valence electrons. The van der Waals surface area contributed by atoms with Gasteiger partial charge in [0.2, 0.25) is 0 Å². The number of nitrogens with one attached hydrogen (secondary N) is 1. The lowest BCUT2D eigenvalue weighted by Crippen LogP contribution is -2.47. The lowest BCUT2D eigenvalue weighted by Gasteiger charge is -2.15. The van der Waals surface area contributed by atoms with Crippen LogP contribution in [0.2, 0.25) is 0 Å². The van der Waals surface area contributed by atoms with Crippen LogP contribution in [0.4, 0.5) is 17.6 Å². The molecule has 1 amide bonds. The Morgan fingerprint density at radius 2 is 1.86 bits per heavy atom. The van der Waals surface area contributed by atoms with Gasteiger partial charge in [-0.25, -0.2) is 9.18 Å². The maximum atomic E-state index is 12.9. The van der Waals surface area contributed by atoms with Gasteiger partial charge in [0, 0.05) is 12.0 Å². The fourth-order valence-corrected chi connectivity index (χ4v) is 1.41. The van der Waals surface area contributed by atoms with E-state index in [-0.39, 0.29) is 5.56 Å². The molecule has 21 heavy (non-hydrogen) atoms. The number of Topliss-reactive ketones (excluding diaryl/α,β-unsaturated/α-hetero) is 1. The molecule has 1 rings (SSSR count). The first-order chi connectivity index (χ1) is 9.61. The van der Waals surface area contributed by atoms with Gasteiger partial charge in [-0.3, -0.25) is 9.59 Å². The second-order valence-corrected chi connectivity index (χ2v) is 4.00. The van der Waals surface area contributed by atoms with Gasteiger partial charge in [0.1, 0.15) is 11.9 Å². The molecule has 0 saturated carbocycles. The van der Waals surface area contributed by atoms with E-state index in [9.17, 15) is 31.9 Å². The lowest BCUT2D eigenvalue weighted by atomic mass is 10.0. The SMILES string of the molecule is O=C(CC(NC(=O)C(F)(F)F)C(=O)O)c1cccc(F)c1. The van der Waals surface area contributed by atoms with Gasteiger partial charge in [0.05, 0.1) is 0 Å². The number of carboxylic acids is 1. The molecular weight excluding hydrogens is 298 g/mol. The normalized spacial score (nSPS) is 12.6. The second kappa shape index (κ2) is 6.33. The second-order valence-electron chi connectivity index (χ2n) is 4.00. The first-order valence-electron chi connectivity index (χ1n) is 5.50. The van der Waals surface area contributed by atoms with Gasteiger partial charge >= 0.3 is 18.1 Å². The summed E-state index contributed by atoms with van der Waals surface area (Å²) in [5, 5.41) is 9.92. The van der Waals surface area contributed by atoms with Crippen LogP contribution in [0, 0.1) is 5.82 Å². The van der Waals surface area contributed by atoms with Crippen molar-refractivity contribution in [1.82, 2.24) is 5.32 Å². The van der Waals surface area contributed by atoms with Crippen LogP contribution in [-0.2, 0) is 9.59 Å². The van der Waals surface area contributed by atoms with Crippen molar-refractivity contribution in [3.05, 3.63) is 35.6 Å². The number of aliphatic carboxylic acids is 1. The van der Waals surface area contributed by atoms with E-state index in [1.165, 1.54) is 17.4 Å². The van der Waals surface area contributed by atoms with Crippen molar-refractivity contribution in [2.75, 3.05) is 0 Å². The largest absolute Gasteiger partial charge is 0.480 e. The molecule has 0 aliphatic heterocycles.